The molecule has 1 aromatic rings. The molecule has 2 aliphatic heterocycles. The SMILES string of the molecule is C[C@H](NC1CCC(N(CCC2CC2)c2cccc3c2CN(C2CCC(=O)NC2=O)C3=O)CC1)C(F)(F)F. The fraction of sp³-hybridized carbons (Fsp3) is 0.667. The van der Waals surface area contributed by atoms with Gasteiger partial charge >= 0.3 is 6.18 Å². The number of carbonyl (C=O) groups excluding carboxylic acids is 3. The Labute approximate surface area is 215 Å². The lowest BCUT2D eigenvalue weighted by molar-refractivity contribution is -0.153. The number of fused-ring (bicyclic) bond motifs is 1. The number of piperidine rings is 1. The van der Waals surface area contributed by atoms with Crippen LogP contribution in [-0.4, -0.2) is 59.5 Å². The Balaban J connectivity index is 1.33. The quantitative estimate of drug-likeness (QED) is 0.508. The molecule has 1 aromatic carbocycles. The monoisotopic (exact) mass is 520 g/mol. The first-order valence-corrected chi connectivity index (χ1v) is 13.5. The van der Waals surface area contributed by atoms with E-state index in [9.17, 15) is 27.6 Å². The molecule has 3 amide bonds. The van der Waals surface area contributed by atoms with Crippen molar-refractivity contribution < 1.29 is 27.6 Å². The molecule has 2 heterocycles. The first kappa shape index (κ1) is 26.0. The van der Waals surface area contributed by atoms with Crippen LogP contribution in [0.4, 0.5) is 18.9 Å². The van der Waals surface area contributed by atoms with E-state index < -0.39 is 24.2 Å². The van der Waals surface area contributed by atoms with Crippen molar-refractivity contribution in [2.75, 3.05) is 11.4 Å². The summed E-state index contributed by atoms with van der Waals surface area (Å²) in [5.41, 5.74) is 2.48. The van der Waals surface area contributed by atoms with Crippen LogP contribution in [0.15, 0.2) is 18.2 Å². The van der Waals surface area contributed by atoms with Gasteiger partial charge in [-0.25, -0.2) is 0 Å². The van der Waals surface area contributed by atoms with E-state index in [2.05, 4.69) is 15.5 Å². The molecule has 5 rings (SSSR count). The van der Waals surface area contributed by atoms with Gasteiger partial charge in [-0.3, -0.25) is 19.7 Å². The number of halogens is 3. The van der Waals surface area contributed by atoms with Crippen molar-refractivity contribution in [2.24, 2.45) is 5.92 Å². The number of alkyl halides is 3. The van der Waals surface area contributed by atoms with E-state index in [-0.39, 0.29) is 30.3 Å². The number of hydrogen-bond acceptors (Lipinski definition) is 5. The maximum absolute atomic E-state index is 13.3. The largest absolute Gasteiger partial charge is 0.403 e. The van der Waals surface area contributed by atoms with E-state index in [0.29, 0.717) is 37.3 Å². The molecule has 37 heavy (non-hydrogen) atoms. The van der Waals surface area contributed by atoms with E-state index in [1.54, 1.807) is 11.0 Å². The topological polar surface area (TPSA) is 81.8 Å². The molecule has 2 aliphatic carbocycles. The molecule has 3 fully saturated rings. The molecule has 202 valence electrons. The highest BCUT2D eigenvalue weighted by Gasteiger charge is 2.42. The first-order valence-electron chi connectivity index (χ1n) is 13.5. The minimum atomic E-state index is -4.25. The summed E-state index contributed by atoms with van der Waals surface area (Å²) in [6.45, 7) is 2.33. The van der Waals surface area contributed by atoms with E-state index in [1.807, 2.05) is 12.1 Å². The van der Waals surface area contributed by atoms with Crippen LogP contribution in [0.1, 0.15) is 80.6 Å². The molecule has 1 saturated heterocycles. The second kappa shape index (κ2) is 10.3. The minimum absolute atomic E-state index is 0.163. The highest BCUT2D eigenvalue weighted by Crippen LogP contribution is 2.39. The normalized spacial score (nSPS) is 27.2. The number of hydrogen-bond donors (Lipinski definition) is 2. The summed E-state index contributed by atoms with van der Waals surface area (Å²) < 4.78 is 39.1. The summed E-state index contributed by atoms with van der Waals surface area (Å²) in [6.07, 6.45) is 2.69. The summed E-state index contributed by atoms with van der Waals surface area (Å²) in [5.74, 6) is -0.218. The number of imide groups is 1. The Kier molecular flexibility index (Phi) is 7.22. The van der Waals surface area contributed by atoms with Gasteiger partial charge in [0.2, 0.25) is 11.8 Å². The van der Waals surface area contributed by atoms with Crippen LogP contribution in [0.2, 0.25) is 0 Å². The zero-order chi connectivity index (χ0) is 26.3. The van der Waals surface area contributed by atoms with E-state index in [4.69, 9.17) is 0 Å². The van der Waals surface area contributed by atoms with Gasteiger partial charge in [0.25, 0.3) is 5.91 Å². The van der Waals surface area contributed by atoms with Crippen molar-refractivity contribution >= 4 is 23.4 Å². The highest BCUT2D eigenvalue weighted by atomic mass is 19.4. The van der Waals surface area contributed by atoms with Crippen LogP contribution in [0.25, 0.3) is 0 Å². The molecule has 10 heteroatoms. The zero-order valence-electron chi connectivity index (χ0n) is 21.2. The average molecular weight is 521 g/mol. The van der Waals surface area contributed by atoms with Crippen molar-refractivity contribution in [1.29, 1.82) is 0 Å². The molecule has 7 nitrogen and oxygen atoms in total. The second-order valence-electron chi connectivity index (χ2n) is 11.1. The number of benzene rings is 1. The van der Waals surface area contributed by atoms with Gasteiger partial charge in [0.05, 0.1) is 0 Å². The van der Waals surface area contributed by atoms with Crippen LogP contribution in [0.5, 0.6) is 0 Å². The standard InChI is InChI=1S/C27H35F3N4O3/c1-16(27(28,29)30)31-18-7-9-19(10-8-18)33(14-13-17-5-6-17)22-4-2-3-20-21(22)15-34(26(20)37)23-11-12-24(35)32-25(23)36/h2-4,16-19,23,31H,5-15H2,1H3,(H,32,35,36)/t16-,18?,19?,23?/m0/s1. The Morgan fingerprint density at radius 3 is 2.46 bits per heavy atom. The van der Waals surface area contributed by atoms with Crippen molar-refractivity contribution in [3.8, 4) is 0 Å². The van der Waals surface area contributed by atoms with Gasteiger partial charge < -0.3 is 15.1 Å². The lowest BCUT2D eigenvalue weighted by Gasteiger charge is -2.40. The van der Waals surface area contributed by atoms with Crippen LogP contribution < -0.4 is 15.5 Å². The van der Waals surface area contributed by atoms with E-state index in [1.165, 1.54) is 19.8 Å². The molecule has 0 spiro atoms. The molecule has 4 aliphatic rings. The van der Waals surface area contributed by atoms with Gasteiger partial charge in [0.1, 0.15) is 12.1 Å². The number of nitrogens with zero attached hydrogens (tertiary/aromatic N) is 2. The van der Waals surface area contributed by atoms with Crippen molar-refractivity contribution in [2.45, 2.75) is 102 Å². The molecule has 0 aromatic heterocycles. The second-order valence-corrected chi connectivity index (χ2v) is 11.1. The molecule has 0 radical (unpaired) electrons. The number of nitrogens with one attached hydrogen (secondary N) is 2. The molecular weight excluding hydrogens is 485 g/mol. The average Bonchev–Trinajstić information content (AvgIpc) is 3.62. The Bertz CT molecular complexity index is 1050. The fourth-order valence-electron chi connectivity index (χ4n) is 6.07. The van der Waals surface area contributed by atoms with Gasteiger partial charge in [-0.15, -0.1) is 0 Å². The predicted molar refractivity (Wildman–Crippen MR) is 132 cm³/mol. The Hall–Kier alpha value is -2.62. The van der Waals surface area contributed by atoms with Crippen molar-refractivity contribution in [3.63, 3.8) is 0 Å². The van der Waals surface area contributed by atoms with Crippen LogP contribution in [0.3, 0.4) is 0 Å². The summed E-state index contributed by atoms with van der Waals surface area (Å²) in [7, 11) is 0. The van der Waals surface area contributed by atoms with Crippen LogP contribution in [0, 0.1) is 5.92 Å². The van der Waals surface area contributed by atoms with E-state index in [0.717, 1.165) is 37.1 Å². The van der Waals surface area contributed by atoms with E-state index >= 15 is 0 Å². The lowest BCUT2D eigenvalue weighted by atomic mass is 9.88. The van der Waals surface area contributed by atoms with Gasteiger partial charge in [0, 0.05) is 48.4 Å². The third kappa shape index (κ3) is 5.63. The molecule has 2 N–H and O–H groups in total. The minimum Gasteiger partial charge on any atom is -0.368 e. The maximum atomic E-state index is 13.3. The third-order valence-electron chi connectivity index (χ3n) is 8.46. The fourth-order valence-corrected chi connectivity index (χ4v) is 6.07. The number of anilines is 1. The number of rotatable bonds is 8. The summed E-state index contributed by atoms with van der Waals surface area (Å²) in [6, 6.07) is 3.54. The van der Waals surface area contributed by atoms with Gasteiger partial charge in [-0.05, 0) is 63.5 Å². The Morgan fingerprint density at radius 2 is 1.81 bits per heavy atom. The molecular formula is C27H35F3N4O3. The molecule has 2 saturated carbocycles. The molecule has 0 bridgehead atoms. The van der Waals surface area contributed by atoms with Gasteiger partial charge in [0.15, 0.2) is 0 Å². The number of carbonyl (C=O) groups is 3. The Morgan fingerprint density at radius 1 is 1.08 bits per heavy atom. The summed E-state index contributed by atoms with van der Waals surface area (Å²) >= 11 is 0. The summed E-state index contributed by atoms with van der Waals surface area (Å²) in [5, 5.41) is 5.11. The molecule has 2 atom stereocenters. The van der Waals surface area contributed by atoms with Crippen molar-refractivity contribution in [3.05, 3.63) is 29.3 Å². The van der Waals surface area contributed by atoms with Crippen LogP contribution in [-0.2, 0) is 16.1 Å². The van der Waals surface area contributed by atoms with Gasteiger partial charge in [-0.2, -0.15) is 13.2 Å². The highest BCUT2D eigenvalue weighted by molar-refractivity contribution is 6.06. The maximum Gasteiger partial charge on any atom is 0.403 e. The first-order chi connectivity index (χ1) is 17.6. The summed E-state index contributed by atoms with van der Waals surface area (Å²) in [4.78, 5) is 41.4. The number of amides is 3. The smallest absolute Gasteiger partial charge is 0.368 e. The van der Waals surface area contributed by atoms with Crippen molar-refractivity contribution in [1.82, 2.24) is 15.5 Å². The zero-order valence-corrected chi connectivity index (χ0v) is 21.2. The molecule has 1 unspecified atom stereocenters. The lowest BCUT2D eigenvalue weighted by Crippen LogP contribution is -2.52. The third-order valence-corrected chi connectivity index (χ3v) is 8.46. The predicted octanol–water partition coefficient (Wildman–Crippen LogP) is 3.91. The van der Waals surface area contributed by atoms with Gasteiger partial charge in [-0.1, -0.05) is 18.9 Å². The van der Waals surface area contributed by atoms with Crippen LogP contribution >= 0.6 is 0 Å².